The van der Waals surface area contributed by atoms with Crippen LogP contribution in [0.2, 0.25) is 5.02 Å². The summed E-state index contributed by atoms with van der Waals surface area (Å²) < 4.78 is 20.7. The number of halogens is 1. The second-order valence-corrected chi connectivity index (χ2v) is 5.89. The molecule has 2 aromatic carbocycles. The van der Waals surface area contributed by atoms with Gasteiger partial charge in [0.05, 0.1) is 21.3 Å². The number of nitrogens with one attached hydrogen (secondary N) is 1. The highest BCUT2D eigenvalue weighted by Gasteiger charge is 2.11. The molecule has 0 aliphatic rings. The van der Waals surface area contributed by atoms with Crippen LogP contribution in [0.25, 0.3) is 6.08 Å². The minimum Gasteiger partial charge on any atom is -0.496 e. The molecule has 2 aromatic rings. The van der Waals surface area contributed by atoms with E-state index in [2.05, 4.69) is 5.32 Å². The zero-order valence-corrected chi connectivity index (χ0v) is 16.4. The summed E-state index contributed by atoms with van der Waals surface area (Å²) in [5.74, 6) is 0.306. The number of benzene rings is 2. The molecule has 28 heavy (non-hydrogen) atoms. The van der Waals surface area contributed by atoms with Gasteiger partial charge in [0.15, 0.2) is 18.1 Å². The smallest absolute Gasteiger partial charge is 0.331 e. The monoisotopic (exact) mass is 405 g/mol. The first-order valence-corrected chi connectivity index (χ1v) is 8.55. The van der Waals surface area contributed by atoms with Crippen molar-refractivity contribution in [2.45, 2.75) is 0 Å². The van der Waals surface area contributed by atoms with E-state index in [1.54, 1.807) is 36.4 Å². The lowest BCUT2D eigenvalue weighted by Gasteiger charge is -2.12. The van der Waals surface area contributed by atoms with Gasteiger partial charge in [-0.1, -0.05) is 17.7 Å². The highest BCUT2D eigenvalue weighted by Crippen LogP contribution is 2.35. The molecular formula is C20H20ClNO6. The molecule has 148 valence electrons. The Morgan fingerprint density at radius 1 is 1.00 bits per heavy atom. The maximum absolute atomic E-state index is 11.9. The lowest BCUT2D eigenvalue weighted by atomic mass is 10.1. The average molecular weight is 406 g/mol. The van der Waals surface area contributed by atoms with E-state index in [1.165, 1.54) is 33.5 Å². The second-order valence-electron chi connectivity index (χ2n) is 5.45. The van der Waals surface area contributed by atoms with Gasteiger partial charge in [-0.3, -0.25) is 4.79 Å². The van der Waals surface area contributed by atoms with Crippen molar-refractivity contribution in [3.63, 3.8) is 0 Å². The van der Waals surface area contributed by atoms with E-state index in [-0.39, 0.29) is 0 Å². The van der Waals surface area contributed by atoms with Gasteiger partial charge in [0, 0.05) is 28.4 Å². The molecule has 8 heteroatoms. The topological polar surface area (TPSA) is 83.1 Å². The Bertz CT molecular complexity index is 881. The number of hydrogen-bond acceptors (Lipinski definition) is 6. The third-order valence-corrected chi connectivity index (χ3v) is 3.82. The average Bonchev–Trinajstić information content (AvgIpc) is 2.69. The van der Waals surface area contributed by atoms with Crippen LogP contribution in [0, 0.1) is 0 Å². The van der Waals surface area contributed by atoms with Gasteiger partial charge in [0.2, 0.25) is 0 Å². The van der Waals surface area contributed by atoms with E-state index in [0.29, 0.717) is 33.5 Å². The third-order valence-electron chi connectivity index (χ3n) is 3.59. The first kappa shape index (κ1) is 21.1. The highest BCUT2D eigenvalue weighted by atomic mass is 35.5. The lowest BCUT2D eigenvalue weighted by molar-refractivity contribution is -0.142. The molecule has 0 bridgehead atoms. The second kappa shape index (κ2) is 10.2. The van der Waals surface area contributed by atoms with E-state index < -0.39 is 18.5 Å². The molecule has 0 fully saturated rings. The van der Waals surface area contributed by atoms with Crippen LogP contribution in [0.3, 0.4) is 0 Å². The van der Waals surface area contributed by atoms with Crippen LogP contribution in [0.15, 0.2) is 42.5 Å². The summed E-state index contributed by atoms with van der Waals surface area (Å²) in [5, 5.41) is 3.07. The zero-order valence-electron chi connectivity index (χ0n) is 15.7. The number of hydrogen-bond donors (Lipinski definition) is 1. The van der Waals surface area contributed by atoms with Crippen molar-refractivity contribution in [3.05, 3.63) is 53.1 Å². The molecule has 0 aliphatic carbocycles. The number of rotatable bonds is 8. The molecule has 0 atom stereocenters. The first-order valence-electron chi connectivity index (χ1n) is 8.17. The summed E-state index contributed by atoms with van der Waals surface area (Å²) in [6.07, 6.45) is 2.69. The third kappa shape index (κ3) is 5.92. The molecule has 2 rings (SSSR count). The molecule has 0 aliphatic heterocycles. The Hall–Kier alpha value is -3.19. The Morgan fingerprint density at radius 2 is 1.68 bits per heavy atom. The van der Waals surface area contributed by atoms with Crippen LogP contribution in [-0.2, 0) is 14.3 Å². The molecule has 0 saturated heterocycles. The van der Waals surface area contributed by atoms with Crippen molar-refractivity contribution in [2.75, 3.05) is 33.3 Å². The molecule has 0 spiro atoms. The Balaban J connectivity index is 1.97. The van der Waals surface area contributed by atoms with E-state index in [0.717, 1.165) is 0 Å². The van der Waals surface area contributed by atoms with Crippen molar-refractivity contribution in [1.29, 1.82) is 0 Å². The van der Waals surface area contributed by atoms with Crippen LogP contribution >= 0.6 is 11.6 Å². The molecule has 0 aromatic heterocycles. The van der Waals surface area contributed by atoms with Gasteiger partial charge in [-0.05, 0) is 30.3 Å². The molecule has 0 saturated carbocycles. The Morgan fingerprint density at radius 3 is 2.32 bits per heavy atom. The number of methoxy groups -OCH3 is 3. The van der Waals surface area contributed by atoms with Gasteiger partial charge < -0.3 is 24.3 Å². The SMILES string of the molecule is COc1cc(OC)c(OC)cc1/C=C/C(=O)OCC(=O)Nc1cccc(Cl)c1. The molecule has 1 N–H and O–H groups in total. The fourth-order valence-electron chi connectivity index (χ4n) is 2.29. The predicted molar refractivity (Wildman–Crippen MR) is 106 cm³/mol. The van der Waals surface area contributed by atoms with E-state index >= 15 is 0 Å². The first-order chi connectivity index (χ1) is 13.5. The Kier molecular flexibility index (Phi) is 7.71. The molecule has 1 amide bonds. The van der Waals surface area contributed by atoms with Crippen LogP contribution < -0.4 is 19.5 Å². The van der Waals surface area contributed by atoms with Crippen molar-refractivity contribution in [2.24, 2.45) is 0 Å². The number of anilines is 1. The minimum absolute atomic E-state index is 0.432. The summed E-state index contributed by atoms with van der Waals surface area (Å²) in [5.41, 5.74) is 1.10. The van der Waals surface area contributed by atoms with Gasteiger partial charge in [0.1, 0.15) is 5.75 Å². The quantitative estimate of drug-likeness (QED) is 0.534. The fraction of sp³-hybridized carbons (Fsp3) is 0.200. The van der Waals surface area contributed by atoms with Crippen molar-refractivity contribution in [3.8, 4) is 17.2 Å². The molecular weight excluding hydrogens is 386 g/mol. The van der Waals surface area contributed by atoms with Crippen LogP contribution in [0.5, 0.6) is 17.2 Å². The van der Waals surface area contributed by atoms with Gasteiger partial charge in [0.25, 0.3) is 5.91 Å². The predicted octanol–water partition coefficient (Wildman–Crippen LogP) is 3.56. The van der Waals surface area contributed by atoms with E-state index in [4.69, 9.17) is 30.5 Å². The number of ether oxygens (including phenoxy) is 4. The normalized spacial score (nSPS) is 10.4. The summed E-state index contributed by atoms with van der Waals surface area (Å²) in [7, 11) is 4.51. The summed E-state index contributed by atoms with van der Waals surface area (Å²) in [6, 6.07) is 9.95. The summed E-state index contributed by atoms with van der Waals surface area (Å²) in [6.45, 7) is -0.432. The standard InChI is InChI=1S/C20H20ClNO6/c1-25-16-11-18(27-3)17(26-2)9-13(16)7-8-20(24)28-12-19(23)22-15-6-4-5-14(21)10-15/h4-11H,12H2,1-3H3,(H,22,23)/b8-7+. The van der Waals surface area contributed by atoms with Crippen LogP contribution in [0.4, 0.5) is 5.69 Å². The summed E-state index contributed by atoms with van der Waals surface area (Å²) >= 11 is 5.85. The molecule has 0 radical (unpaired) electrons. The van der Waals surface area contributed by atoms with Crippen LogP contribution in [0.1, 0.15) is 5.56 Å². The maximum Gasteiger partial charge on any atom is 0.331 e. The minimum atomic E-state index is -0.682. The number of carbonyl (C=O) groups is 2. The van der Waals surface area contributed by atoms with Crippen LogP contribution in [-0.4, -0.2) is 39.8 Å². The lowest BCUT2D eigenvalue weighted by Crippen LogP contribution is -2.20. The van der Waals surface area contributed by atoms with E-state index in [1.807, 2.05) is 0 Å². The maximum atomic E-state index is 11.9. The number of carbonyl (C=O) groups excluding carboxylic acids is 2. The van der Waals surface area contributed by atoms with Crippen molar-refractivity contribution in [1.82, 2.24) is 0 Å². The number of amides is 1. The van der Waals surface area contributed by atoms with Crippen molar-refractivity contribution >= 4 is 35.2 Å². The van der Waals surface area contributed by atoms with Gasteiger partial charge in [-0.15, -0.1) is 0 Å². The molecule has 7 nitrogen and oxygen atoms in total. The van der Waals surface area contributed by atoms with Gasteiger partial charge in [-0.25, -0.2) is 4.79 Å². The zero-order chi connectivity index (χ0) is 20.5. The largest absolute Gasteiger partial charge is 0.496 e. The fourth-order valence-corrected chi connectivity index (χ4v) is 2.48. The molecule has 0 heterocycles. The summed E-state index contributed by atoms with van der Waals surface area (Å²) in [4.78, 5) is 23.7. The van der Waals surface area contributed by atoms with Crippen molar-refractivity contribution < 1.29 is 28.5 Å². The highest BCUT2D eigenvalue weighted by molar-refractivity contribution is 6.30. The van der Waals surface area contributed by atoms with E-state index in [9.17, 15) is 9.59 Å². The van der Waals surface area contributed by atoms with Gasteiger partial charge in [-0.2, -0.15) is 0 Å². The van der Waals surface area contributed by atoms with Gasteiger partial charge >= 0.3 is 5.97 Å². The Labute approximate surface area is 167 Å². The molecule has 0 unspecified atom stereocenters. The number of esters is 1.